The van der Waals surface area contributed by atoms with Crippen molar-refractivity contribution in [1.82, 2.24) is 5.43 Å². The summed E-state index contributed by atoms with van der Waals surface area (Å²) in [6, 6.07) is 24.7. The van der Waals surface area contributed by atoms with Crippen molar-refractivity contribution in [3.05, 3.63) is 104 Å². The molecule has 0 unspecified atom stereocenters. The highest BCUT2D eigenvalue weighted by atomic mass is 79.9. The number of benzene rings is 3. The fourth-order valence-electron chi connectivity index (χ4n) is 2.27. The van der Waals surface area contributed by atoms with E-state index in [1.54, 1.807) is 12.1 Å². The van der Waals surface area contributed by atoms with Crippen molar-refractivity contribution in [2.75, 3.05) is 0 Å². The molecule has 0 fully saturated rings. The Morgan fingerprint density at radius 2 is 1.16 bits per heavy atom. The Hall–Kier alpha value is -2.24. The number of hydrogen-bond donors (Lipinski definition) is 1. The van der Waals surface area contributed by atoms with E-state index < -0.39 is 0 Å². The van der Waals surface area contributed by atoms with Crippen molar-refractivity contribution < 1.29 is 4.79 Å². The zero-order chi connectivity index (χ0) is 17.6. The topological polar surface area (TPSA) is 41.5 Å². The van der Waals surface area contributed by atoms with Crippen molar-refractivity contribution in [3.8, 4) is 0 Å². The molecule has 1 amide bonds. The summed E-state index contributed by atoms with van der Waals surface area (Å²) in [5.74, 6) is -0.252. The largest absolute Gasteiger partial charge is 0.271 e. The Kier molecular flexibility index (Phi) is 5.79. The van der Waals surface area contributed by atoms with Gasteiger partial charge < -0.3 is 0 Å². The van der Waals surface area contributed by atoms with Crippen molar-refractivity contribution in [3.63, 3.8) is 0 Å². The molecule has 0 aromatic heterocycles. The molecule has 0 aliphatic carbocycles. The number of amides is 1. The van der Waals surface area contributed by atoms with Crippen LogP contribution in [0.15, 0.2) is 92.9 Å². The third kappa shape index (κ3) is 4.65. The van der Waals surface area contributed by atoms with E-state index in [9.17, 15) is 4.79 Å². The average Bonchev–Trinajstić information content (AvgIpc) is 2.64. The second-order valence-corrected chi connectivity index (χ2v) is 7.11. The van der Waals surface area contributed by atoms with Crippen LogP contribution < -0.4 is 5.43 Å². The third-order valence-electron chi connectivity index (χ3n) is 3.54. The first-order valence-corrected chi connectivity index (χ1v) is 9.17. The van der Waals surface area contributed by atoms with E-state index in [0.29, 0.717) is 11.3 Å². The van der Waals surface area contributed by atoms with Crippen molar-refractivity contribution in [2.45, 2.75) is 0 Å². The first-order chi connectivity index (χ1) is 12.1. The van der Waals surface area contributed by atoms with Gasteiger partial charge in [-0.2, -0.15) is 5.10 Å². The summed E-state index contributed by atoms with van der Waals surface area (Å²) in [5.41, 5.74) is 5.76. The number of carbonyl (C=O) groups is 1. The molecule has 3 nitrogen and oxygen atoms in total. The maximum absolute atomic E-state index is 12.3. The van der Waals surface area contributed by atoms with Gasteiger partial charge in [0, 0.05) is 25.6 Å². The second-order valence-electron chi connectivity index (χ2n) is 5.28. The van der Waals surface area contributed by atoms with E-state index in [-0.39, 0.29) is 5.91 Å². The summed E-state index contributed by atoms with van der Waals surface area (Å²) < 4.78 is 1.91. The van der Waals surface area contributed by atoms with Gasteiger partial charge in [0.25, 0.3) is 5.91 Å². The minimum absolute atomic E-state index is 0.252. The maximum atomic E-state index is 12.3. The molecule has 0 bridgehead atoms. The van der Waals surface area contributed by atoms with Crippen LogP contribution in [0.3, 0.4) is 0 Å². The molecule has 3 rings (SSSR count). The van der Waals surface area contributed by atoms with Gasteiger partial charge in [0.1, 0.15) is 0 Å². The molecule has 3 aromatic carbocycles. The lowest BCUT2D eigenvalue weighted by Gasteiger charge is -2.08. The molecule has 5 heteroatoms. The lowest BCUT2D eigenvalue weighted by Crippen LogP contribution is -2.20. The summed E-state index contributed by atoms with van der Waals surface area (Å²) in [6.07, 6.45) is 0. The van der Waals surface area contributed by atoms with Gasteiger partial charge in [-0.05, 0) is 36.4 Å². The lowest BCUT2D eigenvalue weighted by molar-refractivity contribution is 0.0955. The molecule has 0 radical (unpaired) electrons. The first-order valence-electron chi connectivity index (χ1n) is 7.58. The minimum Gasteiger partial charge on any atom is -0.267 e. The molecule has 25 heavy (non-hydrogen) atoms. The van der Waals surface area contributed by atoms with Crippen LogP contribution in [0.4, 0.5) is 0 Å². The van der Waals surface area contributed by atoms with Crippen LogP contribution in [-0.2, 0) is 0 Å². The monoisotopic (exact) mass is 456 g/mol. The van der Waals surface area contributed by atoms with E-state index >= 15 is 0 Å². The zero-order valence-electron chi connectivity index (χ0n) is 13.1. The summed E-state index contributed by atoms with van der Waals surface area (Å²) in [7, 11) is 0. The maximum Gasteiger partial charge on any atom is 0.271 e. The zero-order valence-corrected chi connectivity index (χ0v) is 16.3. The number of nitrogens with zero attached hydrogens (tertiary/aromatic N) is 1. The number of nitrogens with one attached hydrogen (secondary N) is 1. The first kappa shape index (κ1) is 17.6. The van der Waals surface area contributed by atoms with Gasteiger partial charge in [-0.15, -0.1) is 0 Å². The quantitative estimate of drug-likeness (QED) is 0.414. The number of halogens is 2. The Bertz CT molecular complexity index is 889. The molecule has 0 aliphatic heterocycles. The summed E-state index contributed by atoms with van der Waals surface area (Å²) in [4.78, 5) is 12.3. The fraction of sp³-hybridized carbons (Fsp3) is 0. The normalized spacial score (nSPS) is 11.2. The molecule has 0 heterocycles. The van der Waals surface area contributed by atoms with Gasteiger partial charge in [-0.3, -0.25) is 4.79 Å². The summed E-state index contributed by atoms with van der Waals surface area (Å²) in [5, 5.41) is 4.38. The van der Waals surface area contributed by atoms with Gasteiger partial charge in [0.05, 0.1) is 5.71 Å². The van der Waals surface area contributed by atoms with Crippen molar-refractivity contribution >= 4 is 43.5 Å². The van der Waals surface area contributed by atoms with E-state index in [2.05, 4.69) is 42.4 Å². The number of rotatable bonds is 4. The average molecular weight is 458 g/mol. The van der Waals surface area contributed by atoms with Crippen molar-refractivity contribution in [2.24, 2.45) is 5.10 Å². The van der Waals surface area contributed by atoms with E-state index in [1.807, 2.05) is 66.7 Å². The summed E-state index contributed by atoms with van der Waals surface area (Å²) in [6.45, 7) is 0. The Labute approximate surface area is 163 Å². The van der Waals surface area contributed by atoms with Crippen LogP contribution in [-0.4, -0.2) is 11.6 Å². The third-order valence-corrected chi connectivity index (χ3v) is 4.60. The van der Waals surface area contributed by atoms with Crippen LogP contribution in [0.25, 0.3) is 0 Å². The molecule has 0 atom stereocenters. The molecule has 0 saturated carbocycles. The number of carbonyl (C=O) groups excluding carboxylic acids is 1. The SMILES string of the molecule is O=C(NN=C(c1ccccc1)c1ccc(Br)cc1)c1ccc(Br)cc1. The Morgan fingerprint density at radius 1 is 0.680 bits per heavy atom. The fourth-order valence-corrected chi connectivity index (χ4v) is 2.80. The van der Waals surface area contributed by atoms with Crippen molar-refractivity contribution in [1.29, 1.82) is 0 Å². The highest BCUT2D eigenvalue weighted by Gasteiger charge is 2.09. The molecule has 1 N–H and O–H groups in total. The van der Waals surface area contributed by atoms with Crippen LogP contribution in [0, 0.1) is 0 Å². The lowest BCUT2D eigenvalue weighted by atomic mass is 10.0. The van der Waals surface area contributed by atoms with E-state index in [0.717, 1.165) is 20.1 Å². The number of hydrogen-bond acceptors (Lipinski definition) is 2. The smallest absolute Gasteiger partial charge is 0.267 e. The van der Waals surface area contributed by atoms with Crippen LogP contribution >= 0.6 is 31.9 Å². The van der Waals surface area contributed by atoms with Gasteiger partial charge >= 0.3 is 0 Å². The molecule has 0 spiro atoms. The molecule has 0 saturated heterocycles. The molecular weight excluding hydrogens is 444 g/mol. The van der Waals surface area contributed by atoms with Gasteiger partial charge in [0.2, 0.25) is 0 Å². The molecule has 124 valence electrons. The van der Waals surface area contributed by atoms with Gasteiger partial charge in [-0.25, -0.2) is 5.43 Å². The minimum atomic E-state index is -0.252. The molecule has 3 aromatic rings. The highest BCUT2D eigenvalue weighted by Crippen LogP contribution is 2.15. The standard InChI is InChI=1S/C20H14Br2N2O/c21-17-10-6-15(7-11-17)19(14-4-2-1-3-5-14)23-24-20(25)16-8-12-18(22)13-9-16/h1-13H,(H,24,25). The molecule has 0 aliphatic rings. The Balaban J connectivity index is 1.91. The Morgan fingerprint density at radius 3 is 1.72 bits per heavy atom. The van der Waals surface area contributed by atoms with E-state index in [1.165, 1.54) is 0 Å². The van der Waals surface area contributed by atoms with Crippen LogP contribution in [0.2, 0.25) is 0 Å². The predicted molar refractivity (Wildman–Crippen MR) is 108 cm³/mol. The highest BCUT2D eigenvalue weighted by molar-refractivity contribution is 9.10. The van der Waals surface area contributed by atoms with Gasteiger partial charge in [0.15, 0.2) is 0 Å². The summed E-state index contributed by atoms with van der Waals surface area (Å²) >= 11 is 6.80. The van der Waals surface area contributed by atoms with Crippen LogP contribution in [0.1, 0.15) is 21.5 Å². The number of hydrazone groups is 1. The van der Waals surface area contributed by atoms with Gasteiger partial charge in [-0.1, -0.05) is 74.3 Å². The second kappa shape index (κ2) is 8.23. The predicted octanol–water partition coefficient (Wildman–Crippen LogP) is 5.39. The van der Waals surface area contributed by atoms with Crippen LogP contribution in [0.5, 0.6) is 0 Å². The molecular formula is C20H14Br2N2O. The van der Waals surface area contributed by atoms with E-state index in [4.69, 9.17) is 0 Å².